The van der Waals surface area contributed by atoms with Crippen LogP contribution in [0.2, 0.25) is 0 Å². The van der Waals surface area contributed by atoms with E-state index in [2.05, 4.69) is 4.98 Å². The van der Waals surface area contributed by atoms with E-state index >= 15 is 0 Å². The predicted molar refractivity (Wildman–Crippen MR) is 131 cm³/mol. The number of nitrogens with one attached hydrogen (secondary N) is 1. The van der Waals surface area contributed by atoms with Gasteiger partial charge < -0.3 is 14.8 Å². The maximum atomic E-state index is 13.4. The van der Waals surface area contributed by atoms with E-state index in [4.69, 9.17) is 4.74 Å². The number of para-hydroxylation sites is 1. The van der Waals surface area contributed by atoms with Gasteiger partial charge in [-0.05, 0) is 53.1 Å². The van der Waals surface area contributed by atoms with Gasteiger partial charge in [0, 0.05) is 24.6 Å². The Morgan fingerprint density at radius 1 is 0.882 bits per heavy atom. The molecular formula is C27H25NO5S. The zero-order valence-electron chi connectivity index (χ0n) is 18.6. The number of sulfone groups is 1. The first-order valence-electron chi connectivity index (χ1n) is 10.7. The van der Waals surface area contributed by atoms with E-state index in [1.54, 1.807) is 42.6 Å². The summed E-state index contributed by atoms with van der Waals surface area (Å²) in [6, 6.07) is 27.0. The second-order valence-electron chi connectivity index (χ2n) is 8.19. The van der Waals surface area contributed by atoms with Crippen LogP contribution in [0.5, 0.6) is 11.5 Å². The molecule has 3 aromatic carbocycles. The lowest BCUT2D eigenvalue weighted by molar-refractivity contribution is -0.136. The molecule has 1 unspecified atom stereocenters. The number of aromatic amines is 1. The zero-order chi connectivity index (χ0) is 24.2. The van der Waals surface area contributed by atoms with Crippen LogP contribution in [0.1, 0.15) is 22.4 Å². The largest absolute Gasteiger partial charge is 0.481 e. The summed E-state index contributed by atoms with van der Waals surface area (Å²) in [7, 11) is -3.71. The summed E-state index contributed by atoms with van der Waals surface area (Å²) in [6.07, 6.45) is 2.87. The number of hydrogen-bond donors (Lipinski definition) is 2. The maximum Gasteiger partial charge on any atom is 0.307 e. The van der Waals surface area contributed by atoms with Crippen molar-refractivity contribution in [2.75, 3.05) is 6.26 Å². The molecule has 0 bridgehead atoms. The molecule has 174 valence electrons. The first-order valence-corrected chi connectivity index (χ1v) is 12.6. The number of aromatic nitrogens is 1. The zero-order valence-corrected chi connectivity index (χ0v) is 19.5. The molecule has 0 amide bonds. The van der Waals surface area contributed by atoms with Crippen LogP contribution >= 0.6 is 0 Å². The van der Waals surface area contributed by atoms with Gasteiger partial charge in [-0.1, -0.05) is 54.6 Å². The second kappa shape index (κ2) is 9.57. The number of carboxylic acids is 1. The highest BCUT2D eigenvalue weighted by Gasteiger charge is 2.45. The molecule has 0 saturated heterocycles. The molecule has 4 rings (SSSR count). The van der Waals surface area contributed by atoms with Gasteiger partial charge in [0.25, 0.3) is 0 Å². The quantitative estimate of drug-likeness (QED) is 0.356. The van der Waals surface area contributed by atoms with Gasteiger partial charge in [-0.2, -0.15) is 0 Å². The van der Waals surface area contributed by atoms with Crippen LogP contribution < -0.4 is 4.74 Å². The first-order chi connectivity index (χ1) is 16.3. The number of benzene rings is 3. The number of ether oxygens (including phenoxy) is 1. The molecule has 6 nitrogen and oxygen atoms in total. The topological polar surface area (TPSA) is 96.5 Å². The average Bonchev–Trinajstić information content (AvgIpc) is 3.33. The number of hydrogen-bond acceptors (Lipinski definition) is 4. The van der Waals surface area contributed by atoms with Gasteiger partial charge in [0.1, 0.15) is 16.2 Å². The van der Waals surface area contributed by atoms with E-state index in [1.165, 1.54) is 6.26 Å². The summed E-state index contributed by atoms with van der Waals surface area (Å²) in [5, 5.41) is 9.24. The summed E-state index contributed by atoms with van der Waals surface area (Å²) < 4.78 is 31.3. The molecule has 0 spiro atoms. The number of carbonyl (C=O) groups is 1. The normalized spacial score (nSPS) is 13.2. The third-order valence-corrected chi connectivity index (χ3v) is 7.64. The van der Waals surface area contributed by atoms with E-state index in [9.17, 15) is 18.3 Å². The molecule has 0 fully saturated rings. The third-order valence-electron chi connectivity index (χ3n) is 5.77. The van der Waals surface area contributed by atoms with Crippen LogP contribution in [0.4, 0.5) is 0 Å². The number of H-pyrrole nitrogens is 1. The molecule has 0 aliphatic carbocycles. The summed E-state index contributed by atoms with van der Waals surface area (Å²) in [6.45, 7) is 0. The highest BCUT2D eigenvalue weighted by molar-refractivity contribution is 7.91. The number of carboxylic acid groups (broad SMARTS) is 1. The molecule has 0 aliphatic heterocycles. The molecule has 0 saturated carbocycles. The van der Waals surface area contributed by atoms with Crippen molar-refractivity contribution in [3.8, 4) is 11.5 Å². The summed E-state index contributed by atoms with van der Waals surface area (Å²) in [4.78, 5) is 14.4. The van der Waals surface area contributed by atoms with E-state index in [0.29, 0.717) is 28.3 Å². The summed E-state index contributed by atoms with van der Waals surface area (Å²) >= 11 is 0. The molecule has 4 aromatic rings. The minimum Gasteiger partial charge on any atom is -0.481 e. The molecule has 2 N–H and O–H groups in total. The van der Waals surface area contributed by atoms with Crippen LogP contribution in [0.15, 0.2) is 97.2 Å². The smallest absolute Gasteiger partial charge is 0.307 e. The molecule has 1 atom stereocenters. The predicted octanol–water partition coefficient (Wildman–Crippen LogP) is 4.97. The Hall–Kier alpha value is -3.84. The average molecular weight is 476 g/mol. The van der Waals surface area contributed by atoms with Crippen LogP contribution in [-0.2, 0) is 32.2 Å². The van der Waals surface area contributed by atoms with Gasteiger partial charge in [-0.3, -0.25) is 4.79 Å². The second-order valence-corrected chi connectivity index (χ2v) is 10.4. The van der Waals surface area contributed by atoms with Crippen molar-refractivity contribution in [3.05, 3.63) is 120 Å². The van der Waals surface area contributed by atoms with Crippen LogP contribution in [0.3, 0.4) is 0 Å². The van der Waals surface area contributed by atoms with Crippen molar-refractivity contribution in [1.82, 2.24) is 4.98 Å². The molecule has 0 radical (unpaired) electrons. The van der Waals surface area contributed by atoms with Gasteiger partial charge in [0.15, 0.2) is 9.84 Å². The standard InChI is InChI=1S/C27H25NO5S/c1-34(31,32)27(25-11-6-16-28-25,22-8-5-7-21(17-22)18-26(29)30)19-20-12-14-24(15-13-20)33-23-9-3-2-4-10-23/h2-17,28H,18-19H2,1H3,(H,29,30). The lowest BCUT2D eigenvalue weighted by Crippen LogP contribution is -2.39. The fourth-order valence-electron chi connectivity index (χ4n) is 4.17. The molecule has 1 aromatic heterocycles. The summed E-state index contributed by atoms with van der Waals surface area (Å²) in [5.74, 6) is 0.376. The molecule has 1 heterocycles. The van der Waals surface area contributed by atoms with Gasteiger partial charge >= 0.3 is 5.97 Å². The Balaban J connectivity index is 1.76. The lowest BCUT2D eigenvalue weighted by atomic mass is 9.87. The van der Waals surface area contributed by atoms with Crippen molar-refractivity contribution in [2.45, 2.75) is 17.6 Å². The highest BCUT2D eigenvalue weighted by Crippen LogP contribution is 2.40. The molecule has 0 aliphatic rings. The number of aliphatic carboxylic acids is 1. The maximum absolute atomic E-state index is 13.4. The van der Waals surface area contributed by atoms with Crippen LogP contribution in [0.25, 0.3) is 0 Å². The van der Waals surface area contributed by atoms with Crippen LogP contribution in [0, 0.1) is 0 Å². The fourth-order valence-corrected chi connectivity index (χ4v) is 5.68. The van der Waals surface area contributed by atoms with Crippen molar-refractivity contribution in [2.24, 2.45) is 0 Å². The summed E-state index contributed by atoms with van der Waals surface area (Å²) in [5.41, 5.74) is 2.37. The van der Waals surface area contributed by atoms with Crippen LogP contribution in [-0.4, -0.2) is 30.7 Å². The van der Waals surface area contributed by atoms with Gasteiger partial charge in [0.2, 0.25) is 0 Å². The minimum atomic E-state index is -3.71. The van der Waals surface area contributed by atoms with Crippen molar-refractivity contribution >= 4 is 15.8 Å². The van der Waals surface area contributed by atoms with E-state index in [1.807, 2.05) is 54.6 Å². The van der Waals surface area contributed by atoms with Gasteiger partial charge in [-0.25, -0.2) is 8.42 Å². The lowest BCUT2D eigenvalue weighted by Gasteiger charge is -2.32. The Kier molecular flexibility index (Phi) is 6.56. The van der Waals surface area contributed by atoms with Crippen molar-refractivity contribution in [1.29, 1.82) is 0 Å². The Morgan fingerprint density at radius 2 is 1.59 bits per heavy atom. The Bertz CT molecular complexity index is 1360. The molecular weight excluding hydrogens is 450 g/mol. The Morgan fingerprint density at radius 3 is 2.21 bits per heavy atom. The fraction of sp³-hybridized carbons (Fsp3) is 0.148. The third kappa shape index (κ3) is 4.89. The molecule has 7 heteroatoms. The van der Waals surface area contributed by atoms with Crippen molar-refractivity contribution < 1.29 is 23.1 Å². The van der Waals surface area contributed by atoms with Crippen molar-refractivity contribution in [3.63, 3.8) is 0 Å². The molecule has 34 heavy (non-hydrogen) atoms. The number of rotatable bonds is 9. The Labute approximate surface area is 198 Å². The monoisotopic (exact) mass is 475 g/mol. The highest BCUT2D eigenvalue weighted by atomic mass is 32.2. The minimum absolute atomic E-state index is 0.161. The van der Waals surface area contributed by atoms with E-state index in [0.717, 1.165) is 5.56 Å². The first kappa shape index (κ1) is 23.3. The SMILES string of the molecule is CS(=O)(=O)C(Cc1ccc(Oc2ccccc2)cc1)(c1cccc(CC(=O)O)c1)c1ccc[nH]1. The van der Waals surface area contributed by atoms with E-state index < -0.39 is 20.6 Å². The van der Waals surface area contributed by atoms with E-state index in [-0.39, 0.29) is 12.8 Å². The van der Waals surface area contributed by atoms with Gasteiger partial charge in [0.05, 0.1) is 6.42 Å². The van der Waals surface area contributed by atoms with Gasteiger partial charge in [-0.15, -0.1) is 0 Å².